The first kappa shape index (κ1) is 20.8. The SMILES string of the molecule is O=C(Cc1ccc(F)cc1)N1CCN(CC(=O)N2CCN(C(=O)C3CC3)CC2)CC1. The van der Waals surface area contributed by atoms with E-state index in [-0.39, 0.29) is 35.9 Å². The van der Waals surface area contributed by atoms with E-state index in [9.17, 15) is 18.8 Å². The fourth-order valence-corrected chi connectivity index (χ4v) is 4.10. The molecule has 162 valence electrons. The smallest absolute Gasteiger partial charge is 0.236 e. The van der Waals surface area contributed by atoms with Gasteiger partial charge in [0, 0.05) is 58.3 Å². The second-order valence-corrected chi connectivity index (χ2v) is 8.44. The molecule has 3 aliphatic rings. The average Bonchev–Trinajstić information content (AvgIpc) is 3.61. The molecule has 0 N–H and O–H groups in total. The third-order valence-corrected chi connectivity index (χ3v) is 6.22. The minimum absolute atomic E-state index is 0.0315. The summed E-state index contributed by atoms with van der Waals surface area (Å²) >= 11 is 0. The van der Waals surface area contributed by atoms with Gasteiger partial charge in [0.25, 0.3) is 0 Å². The van der Waals surface area contributed by atoms with E-state index in [1.54, 1.807) is 12.1 Å². The van der Waals surface area contributed by atoms with E-state index in [2.05, 4.69) is 4.90 Å². The Hall–Kier alpha value is -2.48. The van der Waals surface area contributed by atoms with Gasteiger partial charge in [-0.2, -0.15) is 0 Å². The quantitative estimate of drug-likeness (QED) is 0.705. The van der Waals surface area contributed by atoms with Crippen molar-refractivity contribution in [2.45, 2.75) is 19.3 Å². The van der Waals surface area contributed by atoms with Crippen LogP contribution < -0.4 is 0 Å². The molecule has 0 aromatic heterocycles. The van der Waals surface area contributed by atoms with Crippen LogP contribution in [0.4, 0.5) is 4.39 Å². The molecule has 4 rings (SSSR count). The lowest BCUT2D eigenvalue weighted by atomic mass is 10.1. The van der Waals surface area contributed by atoms with Crippen molar-refractivity contribution in [1.82, 2.24) is 19.6 Å². The van der Waals surface area contributed by atoms with Gasteiger partial charge in [0.15, 0.2) is 0 Å². The van der Waals surface area contributed by atoms with Crippen LogP contribution >= 0.6 is 0 Å². The summed E-state index contributed by atoms with van der Waals surface area (Å²) in [6, 6.07) is 6.02. The molecule has 1 aromatic rings. The molecule has 30 heavy (non-hydrogen) atoms. The lowest BCUT2D eigenvalue weighted by molar-refractivity contribution is -0.141. The van der Waals surface area contributed by atoms with Crippen LogP contribution in [-0.4, -0.2) is 96.2 Å². The highest BCUT2D eigenvalue weighted by molar-refractivity contribution is 5.82. The molecule has 0 unspecified atom stereocenters. The Balaban J connectivity index is 1.17. The molecule has 2 heterocycles. The van der Waals surface area contributed by atoms with Gasteiger partial charge in [0.05, 0.1) is 13.0 Å². The zero-order valence-corrected chi connectivity index (χ0v) is 17.3. The molecule has 1 aromatic carbocycles. The molecular formula is C22H29FN4O3. The molecule has 8 heteroatoms. The van der Waals surface area contributed by atoms with Gasteiger partial charge in [0.1, 0.15) is 5.82 Å². The molecule has 3 amide bonds. The van der Waals surface area contributed by atoms with Gasteiger partial charge in [-0.25, -0.2) is 4.39 Å². The van der Waals surface area contributed by atoms with Crippen LogP contribution in [0.1, 0.15) is 18.4 Å². The molecule has 1 saturated carbocycles. The molecule has 1 aliphatic carbocycles. The molecule has 0 bridgehead atoms. The van der Waals surface area contributed by atoms with Crippen LogP contribution in [0.15, 0.2) is 24.3 Å². The minimum Gasteiger partial charge on any atom is -0.340 e. The third-order valence-electron chi connectivity index (χ3n) is 6.22. The van der Waals surface area contributed by atoms with Gasteiger partial charge in [-0.1, -0.05) is 12.1 Å². The van der Waals surface area contributed by atoms with Crippen LogP contribution in [0.3, 0.4) is 0 Å². The van der Waals surface area contributed by atoms with E-state index in [0.717, 1.165) is 18.4 Å². The number of benzene rings is 1. The summed E-state index contributed by atoms with van der Waals surface area (Å²) in [5.74, 6) is 0.307. The van der Waals surface area contributed by atoms with Crippen molar-refractivity contribution in [1.29, 1.82) is 0 Å². The van der Waals surface area contributed by atoms with Gasteiger partial charge in [-0.3, -0.25) is 19.3 Å². The third kappa shape index (κ3) is 5.16. The summed E-state index contributed by atoms with van der Waals surface area (Å²) in [4.78, 5) is 44.9. The Labute approximate surface area is 176 Å². The summed E-state index contributed by atoms with van der Waals surface area (Å²) in [7, 11) is 0. The summed E-state index contributed by atoms with van der Waals surface area (Å²) in [5.41, 5.74) is 0.804. The lowest BCUT2D eigenvalue weighted by Crippen LogP contribution is -2.55. The van der Waals surface area contributed by atoms with Crippen molar-refractivity contribution in [3.8, 4) is 0 Å². The van der Waals surface area contributed by atoms with Crippen LogP contribution in [0.5, 0.6) is 0 Å². The van der Waals surface area contributed by atoms with Crippen LogP contribution in [0, 0.1) is 11.7 Å². The van der Waals surface area contributed by atoms with Crippen molar-refractivity contribution in [2.75, 3.05) is 58.9 Å². The number of carbonyl (C=O) groups excluding carboxylic acids is 3. The number of rotatable bonds is 5. The van der Waals surface area contributed by atoms with Gasteiger partial charge in [-0.15, -0.1) is 0 Å². The molecule has 3 fully saturated rings. The highest BCUT2D eigenvalue weighted by atomic mass is 19.1. The topological polar surface area (TPSA) is 64.2 Å². The molecule has 0 radical (unpaired) electrons. The molecule has 7 nitrogen and oxygen atoms in total. The molecule has 2 aliphatic heterocycles. The Morgan fingerprint density at radius 3 is 1.90 bits per heavy atom. The second kappa shape index (κ2) is 9.12. The normalized spacial score (nSPS) is 20.4. The Kier molecular flexibility index (Phi) is 6.32. The van der Waals surface area contributed by atoms with Crippen LogP contribution in [0.25, 0.3) is 0 Å². The van der Waals surface area contributed by atoms with E-state index in [4.69, 9.17) is 0 Å². The Morgan fingerprint density at radius 1 is 0.767 bits per heavy atom. The lowest BCUT2D eigenvalue weighted by Gasteiger charge is -2.38. The van der Waals surface area contributed by atoms with Crippen molar-refractivity contribution >= 4 is 17.7 Å². The van der Waals surface area contributed by atoms with Crippen LogP contribution in [-0.2, 0) is 20.8 Å². The number of carbonyl (C=O) groups is 3. The monoisotopic (exact) mass is 416 g/mol. The van der Waals surface area contributed by atoms with E-state index in [0.29, 0.717) is 58.9 Å². The molecule has 0 atom stereocenters. The predicted molar refractivity (Wildman–Crippen MR) is 109 cm³/mol. The molecule has 0 spiro atoms. The fourth-order valence-electron chi connectivity index (χ4n) is 4.10. The maximum absolute atomic E-state index is 13.0. The van der Waals surface area contributed by atoms with Crippen molar-refractivity contribution in [2.24, 2.45) is 5.92 Å². The molecular weight excluding hydrogens is 387 g/mol. The zero-order valence-electron chi connectivity index (χ0n) is 17.3. The first-order valence-corrected chi connectivity index (χ1v) is 10.8. The van der Waals surface area contributed by atoms with Gasteiger partial charge >= 0.3 is 0 Å². The highest BCUT2D eigenvalue weighted by Gasteiger charge is 2.35. The maximum atomic E-state index is 13.0. The zero-order chi connectivity index (χ0) is 21.1. The standard InChI is InChI=1S/C22H29FN4O3/c23-19-5-1-17(2-6-19)15-20(28)25-9-7-24(8-10-25)16-21(29)26-11-13-27(14-12-26)22(30)18-3-4-18/h1-2,5-6,18H,3-4,7-16H2. The van der Waals surface area contributed by atoms with E-state index < -0.39 is 0 Å². The van der Waals surface area contributed by atoms with E-state index >= 15 is 0 Å². The Bertz CT molecular complexity index is 780. The number of nitrogens with zero attached hydrogens (tertiary/aromatic N) is 4. The Morgan fingerprint density at radius 2 is 1.30 bits per heavy atom. The largest absolute Gasteiger partial charge is 0.340 e. The van der Waals surface area contributed by atoms with Gasteiger partial charge in [-0.05, 0) is 30.5 Å². The maximum Gasteiger partial charge on any atom is 0.236 e. The predicted octanol–water partition coefficient (Wildman–Crippen LogP) is 0.593. The average molecular weight is 416 g/mol. The van der Waals surface area contributed by atoms with Gasteiger partial charge in [0.2, 0.25) is 17.7 Å². The number of hydrogen-bond donors (Lipinski definition) is 0. The first-order valence-electron chi connectivity index (χ1n) is 10.8. The minimum atomic E-state index is -0.305. The summed E-state index contributed by atoms with van der Waals surface area (Å²) in [6.07, 6.45) is 2.29. The van der Waals surface area contributed by atoms with Crippen LogP contribution in [0.2, 0.25) is 0 Å². The fraction of sp³-hybridized carbons (Fsp3) is 0.591. The number of halogens is 1. The van der Waals surface area contributed by atoms with E-state index in [1.165, 1.54) is 12.1 Å². The number of hydrogen-bond acceptors (Lipinski definition) is 4. The van der Waals surface area contributed by atoms with Crippen molar-refractivity contribution < 1.29 is 18.8 Å². The van der Waals surface area contributed by atoms with E-state index in [1.807, 2.05) is 14.7 Å². The van der Waals surface area contributed by atoms with Crippen molar-refractivity contribution in [3.05, 3.63) is 35.6 Å². The highest BCUT2D eigenvalue weighted by Crippen LogP contribution is 2.31. The van der Waals surface area contributed by atoms with Crippen molar-refractivity contribution in [3.63, 3.8) is 0 Å². The van der Waals surface area contributed by atoms with Gasteiger partial charge < -0.3 is 14.7 Å². The summed E-state index contributed by atoms with van der Waals surface area (Å²) in [5, 5.41) is 0. The summed E-state index contributed by atoms with van der Waals surface area (Å²) < 4.78 is 13.0. The second-order valence-electron chi connectivity index (χ2n) is 8.44. The number of amides is 3. The summed E-state index contributed by atoms with van der Waals surface area (Å²) in [6.45, 7) is 5.35. The first-order chi connectivity index (χ1) is 14.5. The molecule has 2 saturated heterocycles. The number of piperazine rings is 2.